The molecule has 0 bridgehead atoms. The molecular weight excluding hydrogens is 868 g/mol. The maximum absolute atomic E-state index is 12.0. The highest BCUT2D eigenvalue weighted by Gasteiger charge is 2.45. The Labute approximate surface area is 350 Å². The number of hydrogen-bond donors (Lipinski definition) is 0. The Balaban J connectivity index is 0.000000152. The second-order valence-electron chi connectivity index (χ2n) is 12.8. The minimum absolute atomic E-state index is 0. The fraction of sp³-hybridized carbons (Fsp3) is 0.0392. The molecule has 55 heavy (non-hydrogen) atoms. The number of rotatable bonds is 5. The zero-order valence-corrected chi connectivity index (χ0v) is 34.0. The number of carbonyl (C=O) groups is 1. The number of benzene rings is 8. The predicted octanol–water partition coefficient (Wildman–Crippen LogP) is 15.2. The van der Waals surface area contributed by atoms with Gasteiger partial charge >= 0.3 is 0 Å². The first-order chi connectivity index (χ1) is 26.5. The van der Waals surface area contributed by atoms with Crippen LogP contribution in [0, 0.1) is 0 Å². The Morgan fingerprint density at radius 3 is 1.38 bits per heavy atom. The summed E-state index contributed by atoms with van der Waals surface area (Å²) in [5.41, 5.74) is 11.6. The third kappa shape index (κ3) is 8.58. The Morgan fingerprint density at radius 2 is 0.818 bits per heavy atom. The van der Waals surface area contributed by atoms with Gasteiger partial charge in [-0.2, -0.15) is 0 Å². The van der Waals surface area contributed by atoms with Gasteiger partial charge in [0.2, 0.25) is 0 Å². The molecule has 1 aliphatic carbocycles. The summed E-state index contributed by atoms with van der Waals surface area (Å²) in [5, 5.41) is 0. The molecule has 0 N–H and O–H groups in total. The lowest BCUT2D eigenvalue weighted by molar-refractivity contribution is 0.103. The highest BCUT2D eigenvalue weighted by Crippen LogP contribution is 2.56. The molecule has 0 aromatic heterocycles. The van der Waals surface area contributed by atoms with Crippen molar-refractivity contribution in [2.45, 2.75) is 12.8 Å². The molecule has 0 fully saturated rings. The summed E-state index contributed by atoms with van der Waals surface area (Å²) in [7, 11) is 0. The van der Waals surface area contributed by atoms with Crippen LogP contribution in [0.2, 0.25) is 0 Å². The topological polar surface area (TPSA) is 17.1 Å². The van der Waals surface area contributed by atoms with E-state index in [-0.39, 0.29) is 18.6 Å². The first-order valence-corrected chi connectivity index (χ1v) is 20.0. The molecular formula is C51H39Br3O. The van der Waals surface area contributed by atoms with Crippen molar-refractivity contribution in [1.29, 1.82) is 0 Å². The van der Waals surface area contributed by atoms with Gasteiger partial charge in [-0.05, 0) is 74.8 Å². The average molecular weight is 908 g/mol. The number of ketones is 1. The molecule has 270 valence electrons. The van der Waals surface area contributed by atoms with E-state index in [1.54, 1.807) is 0 Å². The molecule has 8 aromatic rings. The average Bonchev–Trinajstić information content (AvgIpc) is 3.53. The fourth-order valence-electron chi connectivity index (χ4n) is 7.13. The first kappa shape index (κ1) is 39.6. The molecule has 0 saturated carbocycles. The van der Waals surface area contributed by atoms with Gasteiger partial charge < -0.3 is 0 Å². The van der Waals surface area contributed by atoms with Crippen molar-refractivity contribution in [2.75, 3.05) is 0 Å². The van der Waals surface area contributed by atoms with E-state index in [0.29, 0.717) is 5.56 Å². The zero-order chi connectivity index (χ0) is 37.3. The van der Waals surface area contributed by atoms with E-state index < -0.39 is 0 Å². The fourth-order valence-corrected chi connectivity index (χ4v) is 8.44. The van der Waals surface area contributed by atoms with Crippen molar-refractivity contribution < 1.29 is 4.79 Å². The maximum Gasteiger partial charge on any atom is 0.193 e. The Morgan fingerprint density at radius 1 is 0.382 bits per heavy atom. The van der Waals surface area contributed by atoms with Crippen LogP contribution in [0.4, 0.5) is 0 Å². The van der Waals surface area contributed by atoms with E-state index in [1.807, 2.05) is 72.8 Å². The third-order valence-electron chi connectivity index (χ3n) is 9.50. The molecule has 0 spiro atoms. The summed E-state index contributed by atoms with van der Waals surface area (Å²) in [6, 6.07) is 72.5. The van der Waals surface area contributed by atoms with Gasteiger partial charge in [-0.25, -0.2) is 0 Å². The zero-order valence-electron chi connectivity index (χ0n) is 29.2. The quantitative estimate of drug-likeness (QED) is 0.157. The van der Waals surface area contributed by atoms with Crippen LogP contribution in [-0.2, 0) is 5.41 Å². The molecule has 0 radical (unpaired) electrons. The van der Waals surface area contributed by atoms with Crippen LogP contribution in [-0.4, -0.2) is 5.78 Å². The SMILES string of the molecule is Brc1cccc(C2(c3ccccc3)c3ccccc3-c3ccccc32)c1.Brc1ccccc1-c1ccccc1.C.O=C(c1ccccc1)c1cccc(Br)c1. The van der Waals surface area contributed by atoms with Crippen LogP contribution in [0.3, 0.4) is 0 Å². The minimum atomic E-state index is -0.293. The van der Waals surface area contributed by atoms with Gasteiger partial charge in [0.1, 0.15) is 0 Å². The van der Waals surface area contributed by atoms with Crippen LogP contribution < -0.4 is 0 Å². The number of hydrogen-bond acceptors (Lipinski definition) is 1. The summed E-state index contributed by atoms with van der Waals surface area (Å²) in [4.78, 5) is 12.0. The van der Waals surface area contributed by atoms with Gasteiger partial charge in [-0.1, -0.05) is 237 Å². The highest BCUT2D eigenvalue weighted by atomic mass is 79.9. The van der Waals surface area contributed by atoms with Crippen LogP contribution >= 0.6 is 47.8 Å². The van der Waals surface area contributed by atoms with Crippen molar-refractivity contribution in [3.05, 3.63) is 259 Å². The molecule has 0 saturated heterocycles. The van der Waals surface area contributed by atoms with Crippen LogP contribution in [0.1, 0.15) is 45.6 Å². The summed E-state index contributed by atoms with van der Waals surface area (Å²) in [5.74, 6) is 0.0527. The second kappa shape index (κ2) is 18.5. The molecule has 0 unspecified atom stereocenters. The maximum atomic E-state index is 12.0. The molecule has 1 nitrogen and oxygen atoms in total. The van der Waals surface area contributed by atoms with E-state index in [2.05, 4.69) is 187 Å². The van der Waals surface area contributed by atoms with Gasteiger partial charge in [0.15, 0.2) is 5.78 Å². The Hall–Kier alpha value is -5.13. The third-order valence-corrected chi connectivity index (χ3v) is 11.2. The monoisotopic (exact) mass is 904 g/mol. The predicted molar refractivity (Wildman–Crippen MR) is 242 cm³/mol. The summed E-state index contributed by atoms with van der Waals surface area (Å²) < 4.78 is 3.16. The van der Waals surface area contributed by atoms with E-state index >= 15 is 0 Å². The summed E-state index contributed by atoms with van der Waals surface area (Å²) >= 11 is 10.6. The molecule has 0 atom stereocenters. The van der Waals surface area contributed by atoms with Gasteiger partial charge in [-0.15, -0.1) is 0 Å². The first-order valence-electron chi connectivity index (χ1n) is 17.6. The normalized spacial score (nSPS) is 11.6. The lowest BCUT2D eigenvalue weighted by Crippen LogP contribution is -2.28. The van der Waals surface area contributed by atoms with Crippen molar-refractivity contribution in [3.63, 3.8) is 0 Å². The van der Waals surface area contributed by atoms with Gasteiger partial charge in [0, 0.05) is 24.5 Å². The van der Waals surface area contributed by atoms with E-state index in [1.165, 1.54) is 44.5 Å². The lowest BCUT2D eigenvalue weighted by Gasteiger charge is -2.34. The van der Waals surface area contributed by atoms with Crippen molar-refractivity contribution in [2.24, 2.45) is 0 Å². The largest absolute Gasteiger partial charge is 0.289 e. The van der Waals surface area contributed by atoms with Gasteiger partial charge in [0.05, 0.1) is 5.41 Å². The van der Waals surface area contributed by atoms with Crippen molar-refractivity contribution in [1.82, 2.24) is 0 Å². The number of carbonyl (C=O) groups excluding carboxylic acids is 1. The number of fused-ring (bicyclic) bond motifs is 3. The smallest absolute Gasteiger partial charge is 0.193 e. The molecule has 0 aliphatic heterocycles. The highest BCUT2D eigenvalue weighted by molar-refractivity contribution is 9.11. The lowest BCUT2D eigenvalue weighted by atomic mass is 9.68. The van der Waals surface area contributed by atoms with Crippen molar-refractivity contribution >= 4 is 53.6 Å². The second-order valence-corrected chi connectivity index (χ2v) is 15.5. The summed E-state index contributed by atoms with van der Waals surface area (Å²) in [6.45, 7) is 0. The van der Waals surface area contributed by atoms with Crippen molar-refractivity contribution in [3.8, 4) is 22.3 Å². The van der Waals surface area contributed by atoms with Gasteiger partial charge in [0.25, 0.3) is 0 Å². The minimum Gasteiger partial charge on any atom is -0.289 e. The Kier molecular flexibility index (Phi) is 13.3. The molecule has 4 heteroatoms. The molecule has 0 amide bonds. The molecule has 9 rings (SSSR count). The van der Waals surface area contributed by atoms with Crippen LogP contribution in [0.25, 0.3) is 22.3 Å². The van der Waals surface area contributed by atoms with E-state index in [9.17, 15) is 4.79 Å². The van der Waals surface area contributed by atoms with E-state index in [4.69, 9.17) is 0 Å². The van der Waals surface area contributed by atoms with Crippen LogP contribution in [0.15, 0.2) is 226 Å². The standard InChI is InChI=1S/C25H17Br.C13H9BrO.C12H9Br.CH4/c26-20-12-8-11-19(17-20)25(18-9-2-1-3-10-18)23-15-6-4-13-21(23)22-14-5-7-16-24(22)25;14-12-8-4-7-11(9-12)13(15)10-5-2-1-3-6-10;13-12-9-5-4-8-11(12)10-6-2-1-3-7-10;/h1-17H;1-9H;1-9H;1H4. The molecule has 1 aliphatic rings. The van der Waals surface area contributed by atoms with E-state index in [0.717, 1.165) is 19.0 Å². The van der Waals surface area contributed by atoms with Crippen LogP contribution in [0.5, 0.6) is 0 Å². The molecule has 8 aromatic carbocycles. The van der Waals surface area contributed by atoms with Gasteiger partial charge in [-0.3, -0.25) is 4.79 Å². The summed E-state index contributed by atoms with van der Waals surface area (Å²) in [6.07, 6.45) is 0. The molecule has 0 heterocycles. The Bertz CT molecular complexity index is 2450. The number of halogens is 3.